The van der Waals surface area contributed by atoms with Crippen molar-refractivity contribution in [3.63, 3.8) is 0 Å². The fourth-order valence-electron chi connectivity index (χ4n) is 3.44. The second-order valence-electron chi connectivity index (χ2n) is 7.04. The highest BCUT2D eigenvalue weighted by Gasteiger charge is 2.19. The molecule has 0 aliphatic carbocycles. The number of anilines is 1. The number of thiophene rings is 1. The summed E-state index contributed by atoms with van der Waals surface area (Å²) in [7, 11) is 0. The van der Waals surface area contributed by atoms with Gasteiger partial charge < -0.3 is 9.64 Å². The molecule has 0 spiro atoms. The number of rotatable bonds is 9. The second kappa shape index (κ2) is 10.9. The average Bonchev–Trinajstić information content (AvgIpc) is 3.29. The zero-order valence-electron chi connectivity index (χ0n) is 18.1. The predicted octanol–water partition coefficient (Wildman–Crippen LogP) is 5.80. The third kappa shape index (κ3) is 5.33. The molecule has 0 aliphatic heterocycles. The van der Waals surface area contributed by atoms with Gasteiger partial charge in [0.05, 0.1) is 30.2 Å². The minimum absolute atomic E-state index is 0.0809. The van der Waals surface area contributed by atoms with Gasteiger partial charge in [0.1, 0.15) is 21.9 Å². The summed E-state index contributed by atoms with van der Waals surface area (Å²) in [5.74, 6) is 0.870. The van der Waals surface area contributed by atoms with Gasteiger partial charge in [0, 0.05) is 23.2 Å². The minimum Gasteiger partial charge on any atom is -0.494 e. The molecule has 4 rings (SSSR count). The van der Waals surface area contributed by atoms with Crippen LogP contribution < -0.4 is 9.64 Å². The van der Waals surface area contributed by atoms with Crippen LogP contribution in [0.4, 0.5) is 5.69 Å². The van der Waals surface area contributed by atoms with Crippen LogP contribution in [-0.2, 0) is 4.79 Å². The lowest BCUT2D eigenvalue weighted by Gasteiger charge is -2.22. The average molecular weight is 475 g/mol. The van der Waals surface area contributed by atoms with Crippen LogP contribution in [0, 0.1) is 11.3 Å². The maximum absolute atomic E-state index is 13.2. The van der Waals surface area contributed by atoms with E-state index in [2.05, 4.69) is 33.5 Å². The summed E-state index contributed by atoms with van der Waals surface area (Å²) >= 11 is 2.97. The third-order valence-electron chi connectivity index (χ3n) is 4.96. The van der Waals surface area contributed by atoms with E-state index in [1.807, 2.05) is 49.4 Å². The fourth-order valence-corrected chi connectivity index (χ4v) is 5.31. The Morgan fingerprint density at radius 2 is 1.94 bits per heavy atom. The number of thioether (sulfide) groups is 1. The molecule has 0 N–H and O–H groups in total. The van der Waals surface area contributed by atoms with Crippen LogP contribution in [0.1, 0.15) is 13.3 Å². The Morgan fingerprint density at radius 1 is 1.15 bits per heavy atom. The number of hydrogen-bond donors (Lipinski definition) is 0. The van der Waals surface area contributed by atoms with Gasteiger partial charge in [0.25, 0.3) is 0 Å². The SMILES string of the molecule is CCOc1ccc(N(CCC#N)C(=O)CSc2ncnc3scc(-c4ccccc4)c23)cc1. The molecule has 0 radical (unpaired) electrons. The topological polar surface area (TPSA) is 79.1 Å². The molecule has 2 heterocycles. The van der Waals surface area contributed by atoms with Gasteiger partial charge in [-0.2, -0.15) is 5.26 Å². The highest BCUT2D eigenvalue weighted by molar-refractivity contribution is 8.00. The summed E-state index contributed by atoms with van der Waals surface area (Å²) in [5.41, 5.74) is 2.91. The lowest BCUT2D eigenvalue weighted by atomic mass is 10.1. The Bertz CT molecular complexity index is 1270. The summed E-state index contributed by atoms with van der Waals surface area (Å²) in [6.07, 6.45) is 1.80. The molecule has 0 unspecified atom stereocenters. The normalized spacial score (nSPS) is 10.7. The van der Waals surface area contributed by atoms with Crippen molar-refractivity contribution in [3.05, 3.63) is 66.3 Å². The summed E-state index contributed by atoms with van der Waals surface area (Å²) in [6.45, 7) is 2.83. The van der Waals surface area contributed by atoms with Crippen LogP contribution in [0.3, 0.4) is 0 Å². The number of hydrogen-bond acceptors (Lipinski definition) is 7. The van der Waals surface area contributed by atoms with E-state index in [4.69, 9.17) is 10.00 Å². The monoisotopic (exact) mass is 474 g/mol. The Morgan fingerprint density at radius 3 is 2.67 bits per heavy atom. The van der Waals surface area contributed by atoms with Gasteiger partial charge in [-0.3, -0.25) is 4.79 Å². The van der Waals surface area contributed by atoms with E-state index >= 15 is 0 Å². The molecule has 0 saturated heterocycles. The van der Waals surface area contributed by atoms with Crippen LogP contribution in [0.2, 0.25) is 0 Å². The molecular weight excluding hydrogens is 452 g/mol. The first-order valence-corrected chi connectivity index (χ1v) is 12.4. The van der Waals surface area contributed by atoms with Crippen molar-refractivity contribution in [2.75, 3.05) is 23.8 Å². The largest absolute Gasteiger partial charge is 0.494 e. The Hall–Kier alpha value is -3.41. The van der Waals surface area contributed by atoms with Gasteiger partial charge >= 0.3 is 0 Å². The number of benzene rings is 2. The number of aromatic nitrogens is 2. The number of amides is 1. The van der Waals surface area contributed by atoms with E-state index in [-0.39, 0.29) is 18.1 Å². The molecule has 0 saturated carbocycles. The van der Waals surface area contributed by atoms with Crippen molar-refractivity contribution < 1.29 is 9.53 Å². The van der Waals surface area contributed by atoms with Crippen LogP contribution in [-0.4, -0.2) is 34.8 Å². The highest BCUT2D eigenvalue weighted by Crippen LogP contribution is 2.37. The molecule has 6 nitrogen and oxygen atoms in total. The number of carbonyl (C=O) groups excluding carboxylic acids is 1. The standard InChI is InChI=1S/C25H22N4O2S2/c1-2-31-20-11-9-19(10-12-20)29(14-6-13-26)22(30)16-33-25-23-21(18-7-4-3-5-8-18)15-32-24(23)27-17-28-25/h3-5,7-12,15,17H,2,6,14,16H2,1H3. The summed E-state index contributed by atoms with van der Waals surface area (Å²) < 4.78 is 5.50. The van der Waals surface area contributed by atoms with Crippen molar-refractivity contribution in [3.8, 4) is 22.9 Å². The molecule has 166 valence electrons. The van der Waals surface area contributed by atoms with E-state index in [0.717, 1.165) is 37.8 Å². The molecule has 8 heteroatoms. The van der Waals surface area contributed by atoms with Gasteiger partial charge in [-0.05, 0) is 36.8 Å². The van der Waals surface area contributed by atoms with Gasteiger partial charge in [-0.25, -0.2) is 9.97 Å². The molecule has 0 aliphatic rings. The number of nitriles is 1. The molecule has 33 heavy (non-hydrogen) atoms. The Balaban J connectivity index is 1.56. The minimum atomic E-state index is -0.0809. The molecule has 4 aromatic rings. The van der Waals surface area contributed by atoms with Crippen LogP contribution in [0.25, 0.3) is 21.3 Å². The maximum atomic E-state index is 13.2. The smallest absolute Gasteiger partial charge is 0.237 e. The molecule has 2 aromatic carbocycles. The maximum Gasteiger partial charge on any atom is 0.237 e. The second-order valence-corrected chi connectivity index (χ2v) is 8.87. The number of carbonyl (C=O) groups is 1. The summed E-state index contributed by atoms with van der Waals surface area (Å²) in [4.78, 5) is 24.6. The lowest BCUT2D eigenvalue weighted by Crippen LogP contribution is -2.33. The van der Waals surface area contributed by atoms with Crippen molar-refractivity contribution in [1.82, 2.24) is 9.97 Å². The number of nitrogens with zero attached hydrogens (tertiary/aromatic N) is 4. The van der Waals surface area contributed by atoms with Gasteiger partial charge in [0.15, 0.2) is 0 Å². The van der Waals surface area contributed by atoms with E-state index in [1.165, 1.54) is 11.8 Å². The van der Waals surface area contributed by atoms with Gasteiger partial charge in [0.2, 0.25) is 5.91 Å². The first-order chi connectivity index (χ1) is 16.2. The summed E-state index contributed by atoms with van der Waals surface area (Å²) in [6, 6.07) is 19.6. The van der Waals surface area contributed by atoms with E-state index in [9.17, 15) is 4.79 Å². The zero-order chi connectivity index (χ0) is 23.0. The van der Waals surface area contributed by atoms with Crippen molar-refractivity contribution in [1.29, 1.82) is 5.26 Å². The van der Waals surface area contributed by atoms with E-state index in [1.54, 1.807) is 22.6 Å². The van der Waals surface area contributed by atoms with E-state index in [0.29, 0.717) is 13.2 Å². The van der Waals surface area contributed by atoms with Gasteiger partial charge in [-0.1, -0.05) is 42.1 Å². The molecular formula is C25H22N4O2S2. The molecule has 0 fully saturated rings. The van der Waals surface area contributed by atoms with Gasteiger partial charge in [-0.15, -0.1) is 11.3 Å². The zero-order valence-corrected chi connectivity index (χ0v) is 19.7. The Kier molecular flexibility index (Phi) is 7.55. The van der Waals surface area contributed by atoms with Crippen molar-refractivity contribution >= 4 is 44.9 Å². The highest BCUT2D eigenvalue weighted by atomic mass is 32.2. The van der Waals surface area contributed by atoms with Crippen LogP contribution in [0.15, 0.2) is 71.3 Å². The van der Waals surface area contributed by atoms with Crippen molar-refractivity contribution in [2.24, 2.45) is 0 Å². The molecule has 0 atom stereocenters. The molecule has 0 bridgehead atoms. The quantitative estimate of drug-likeness (QED) is 0.225. The Labute approximate surface area is 200 Å². The first-order valence-electron chi connectivity index (χ1n) is 10.5. The van der Waals surface area contributed by atoms with Crippen LogP contribution >= 0.6 is 23.1 Å². The lowest BCUT2D eigenvalue weighted by molar-refractivity contribution is -0.116. The summed E-state index contributed by atoms with van der Waals surface area (Å²) in [5, 5.41) is 12.9. The third-order valence-corrected chi connectivity index (χ3v) is 6.82. The van der Waals surface area contributed by atoms with E-state index < -0.39 is 0 Å². The van der Waals surface area contributed by atoms with Crippen molar-refractivity contribution in [2.45, 2.75) is 18.4 Å². The molecule has 1 amide bonds. The van der Waals surface area contributed by atoms with Crippen LogP contribution in [0.5, 0.6) is 5.75 Å². The first kappa shape index (κ1) is 22.8. The number of fused-ring (bicyclic) bond motifs is 1. The predicted molar refractivity (Wildman–Crippen MR) is 134 cm³/mol. The molecule has 2 aromatic heterocycles. The fraction of sp³-hybridized carbons (Fsp3) is 0.200. The number of ether oxygens (including phenoxy) is 1.